The molecule has 90 valence electrons. The zero-order valence-corrected chi connectivity index (χ0v) is 10.7. The Morgan fingerprint density at radius 1 is 1.39 bits per heavy atom. The summed E-state index contributed by atoms with van der Waals surface area (Å²) in [5.74, 6) is -0.298. The average Bonchev–Trinajstić information content (AvgIpc) is 2.78. The summed E-state index contributed by atoms with van der Waals surface area (Å²) in [4.78, 5) is 12.4. The monoisotopic (exact) mass is 277 g/mol. The fraction of sp³-hybridized carbons (Fsp3) is 0. The van der Waals surface area contributed by atoms with Crippen LogP contribution in [-0.2, 0) is 0 Å². The Morgan fingerprint density at radius 2 is 2.17 bits per heavy atom. The molecule has 0 spiro atoms. The van der Waals surface area contributed by atoms with Crippen LogP contribution < -0.4 is 11.1 Å². The van der Waals surface area contributed by atoms with Crippen LogP contribution in [-0.4, -0.2) is 5.91 Å². The Balaban J connectivity index is 2.25. The molecule has 3 N–H and O–H groups in total. The zero-order valence-electron chi connectivity index (χ0n) is 9.11. The van der Waals surface area contributed by atoms with E-state index in [9.17, 15) is 4.79 Å². The molecule has 0 saturated carbocycles. The van der Waals surface area contributed by atoms with Crippen molar-refractivity contribution in [3.8, 4) is 6.07 Å². The van der Waals surface area contributed by atoms with E-state index in [1.54, 1.807) is 24.3 Å². The molecular formula is C12H8ClN3OS. The van der Waals surface area contributed by atoms with E-state index in [-0.39, 0.29) is 5.91 Å². The van der Waals surface area contributed by atoms with Gasteiger partial charge in [-0.1, -0.05) is 11.6 Å². The fourth-order valence-corrected chi connectivity index (χ4v) is 2.32. The number of hydrogen-bond donors (Lipinski definition) is 2. The van der Waals surface area contributed by atoms with Gasteiger partial charge in [0.1, 0.15) is 6.07 Å². The average molecular weight is 278 g/mol. The molecule has 0 aliphatic carbocycles. The van der Waals surface area contributed by atoms with Crippen molar-refractivity contribution in [1.82, 2.24) is 0 Å². The summed E-state index contributed by atoms with van der Waals surface area (Å²) in [6.45, 7) is 0. The van der Waals surface area contributed by atoms with Gasteiger partial charge in [0.05, 0.1) is 20.5 Å². The molecule has 1 amide bonds. The van der Waals surface area contributed by atoms with Crippen molar-refractivity contribution in [2.24, 2.45) is 0 Å². The van der Waals surface area contributed by atoms with Gasteiger partial charge in [-0.3, -0.25) is 4.79 Å². The highest BCUT2D eigenvalue weighted by molar-refractivity contribution is 7.18. The van der Waals surface area contributed by atoms with Gasteiger partial charge in [0.25, 0.3) is 5.91 Å². The number of nitrogen functional groups attached to an aromatic ring is 1. The van der Waals surface area contributed by atoms with Gasteiger partial charge in [-0.15, -0.1) is 11.3 Å². The molecule has 0 aliphatic rings. The standard InChI is InChI=1S/C12H8ClN3OS/c13-11-4-3-10(18-11)12(17)16-9-2-1-8(15)5-7(9)6-14/h1-5H,15H2,(H,16,17). The van der Waals surface area contributed by atoms with E-state index in [4.69, 9.17) is 22.6 Å². The van der Waals surface area contributed by atoms with Crippen LogP contribution >= 0.6 is 22.9 Å². The number of anilines is 2. The second-order valence-corrected chi connectivity index (χ2v) is 5.19. The van der Waals surface area contributed by atoms with Crippen LogP contribution in [0.25, 0.3) is 0 Å². The summed E-state index contributed by atoms with van der Waals surface area (Å²) in [5, 5.41) is 11.6. The van der Waals surface area contributed by atoms with Crippen molar-refractivity contribution in [1.29, 1.82) is 5.26 Å². The van der Waals surface area contributed by atoms with E-state index in [0.717, 1.165) is 0 Å². The minimum Gasteiger partial charge on any atom is -0.399 e. The number of nitrogens with two attached hydrogens (primary N) is 1. The second-order valence-electron chi connectivity index (χ2n) is 3.47. The summed E-state index contributed by atoms with van der Waals surface area (Å²) in [6.07, 6.45) is 0. The number of benzene rings is 1. The first kappa shape index (κ1) is 12.4. The van der Waals surface area contributed by atoms with Crippen LogP contribution in [0, 0.1) is 11.3 Å². The third-order valence-corrected chi connectivity index (χ3v) is 3.44. The van der Waals surface area contributed by atoms with Crippen molar-refractivity contribution in [3.05, 3.63) is 45.1 Å². The quantitative estimate of drug-likeness (QED) is 0.828. The number of amides is 1. The summed E-state index contributed by atoms with van der Waals surface area (Å²) in [5.41, 5.74) is 6.80. The van der Waals surface area contributed by atoms with Crippen molar-refractivity contribution < 1.29 is 4.79 Å². The molecule has 6 heteroatoms. The van der Waals surface area contributed by atoms with Crippen molar-refractivity contribution in [3.63, 3.8) is 0 Å². The number of nitriles is 1. The maximum absolute atomic E-state index is 11.9. The van der Waals surface area contributed by atoms with Gasteiger partial charge in [-0.2, -0.15) is 5.26 Å². The lowest BCUT2D eigenvalue weighted by Gasteiger charge is -2.06. The number of thiophene rings is 1. The van der Waals surface area contributed by atoms with E-state index >= 15 is 0 Å². The molecule has 1 aromatic carbocycles. The molecule has 4 nitrogen and oxygen atoms in total. The summed E-state index contributed by atoms with van der Waals surface area (Å²) >= 11 is 6.93. The Labute approximate surface area is 113 Å². The van der Waals surface area contributed by atoms with E-state index in [1.165, 1.54) is 17.4 Å². The van der Waals surface area contributed by atoms with Crippen molar-refractivity contribution in [2.45, 2.75) is 0 Å². The van der Waals surface area contributed by atoms with Gasteiger partial charge in [-0.25, -0.2) is 0 Å². The highest BCUT2D eigenvalue weighted by atomic mass is 35.5. The predicted octanol–water partition coefficient (Wildman–Crippen LogP) is 3.11. The Kier molecular flexibility index (Phi) is 3.51. The summed E-state index contributed by atoms with van der Waals surface area (Å²) < 4.78 is 0.540. The molecule has 2 aromatic rings. The first-order chi connectivity index (χ1) is 8.60. The molecule has 1 heterocycles. The lowest BCUT2D eigenvalue weighted by Crippen LogP contribution is -2.11. The third-order valence-electron chi connectivity index (χ3n) is 2.21. The maximum Gasteiger partial charge on any atom is 0.265 e. The van der Waals surface area contributed by atoms with E-state index in [2.05, 4.69) is 5.32 Å². The molecular weight excluding hydrogens is 270 g/mol. The zero-order chi connectivity index (χ0) is 13.1. The molecule has 0 aliphatic heterocycles. The lowest BCUT2D eigenvalue weighted by atomic mass is 10.1. The first-order valence-corrected chi connectivity index (χ1v) is 6.16. The number of rotatable bonds is 2. The number of nitrogens with one attached hydrogen (secondary N) is 1. The highest BCUT2D eigenvalue weighted by Crippen LogP contribution is 2.24. The number of hydrogen-bond acceptors (Lipinski definition) is 4. The molecule has 0 bridgehead atoms. The van der Waals surface area contributed by atoms with Crippen molar-refractivity contribution in [2.75, 3.05) is 11.1 Å². The predicted molar refractivity (Wildman–Crippen MR) is 72.9 cm³/mol. The topological polar surface area (TPSA) is 78.9 Å². The molecule has 2 rings (SSSR count). The first-order valence-electron chi connectivity index (χ1n) is 4.96. The van der Waals surface area contributed by atoms with Gasteiger partial charge < -0.3 is 11.1 Å². The van der Waals surface area contributed by atoms with Gasteiger partial charge >= 0.3 is 0 Å². The molecule has 0 atom stereocenters. The van der Waals surface area contributed by atoms with Gasteiger partial charge in [0.15, 0.2) is 0 Å². The van der Waals surface area contributed by atoms with Crippen LogP contribution in [0.2, 0.25) is 4.34 Å². The minimum atomic E-state index is -0.298. The fourth-order valence-electron chi connectivity index (χ4n) is 1.38. The second kappa shape index (κ2) is 5.08. The molecule has 1 aromatic heterocycles. The lowest BCUT2D eigenvalue weighted by molar-refractivity contribution is 0.103. The van der Waals surface area contributed by atoms with Crippen LogP contribution in [0.1, 0.15) is 15.2 Å². The largest absolute Gasteiger partial charge is 0.399 e. The normalized spacial score (nSPS) is 9.78. The van der Waals surface area contributed by atoms with Crippen LogP contribution in [0.3, 0.4) is 0 Å². The Bertz CT molecular complexity index is 645. The van der Waals surface area contributed by atoms with Crippen LogP contribution in [0.15, 0.2) is 30.3 Å². The van der Waals surface area contributed by atoms with Gasteiger partial charge in [0.2, 0.25) is 0 Å². The molecule has 0 unspecified atom stereocenters. The summed E-state index contributed by atoms with van der Waals surface area (Å²) in [7, 11) is 0. The van der Waals surface area contributed by atoms with E-state index in [1.807, 2.05) is 6.07 Å². The maximum atomic E-state index is 11.9. The third kappa shape index (κ3) is 2.62. The number of carbonyl (C=O) groups excluding carboxylic acids is 1. The van der Waals surface area contributed by atoms with E-state index in [0.29, 0.717) is 26.2 Å². The number of halogens is 1. The SMILES string of the molecule is N#Cc1cc(N)ccc1NC(=O)c1ccc(Cl)s1. The van der Waals surface area contributed by atoms with Crippen LogP contribution in [0.5, 0.6) is 0 Å². The van der Waals surface area contributed by atoms with Gasteiger partial charge in [-0.05, 0) is 30.3 Å². The van der Waals surface area contributed by atoms with Gasteiger partial charge in [0, 0.05) is 5.69 Å². The molecule has 18 heavy (non-hydrogen) atoms. The smallest absolute Gasteiger partial charge is 0.265 e. The Morgan fingerprint density at radius 3 is 2.78 bits per heavy atom. The number of carbonyl (C=O) groups is 1. The molecule has 0 saturated heterocycles. The molecule has 0 fully saturated rings. The van der Waals surface area contributed by atoms with Crippen LogP contribution in [0.4, 0.5) is 11.4 Å². The highest BCUT2D eigenvalue weighted by Gasteiger charge is 2.11. The number of nitrogens with zero attached hydrogens (tertiary/aromatic N) is 1. The Hall–Kier alpha value is -2.03. The molecule has 0 radical (unpaired) electrons. The minimum absolute atomic E-state index is 0.298. The van der Waals surface area contributed by atoms with Crippen molar-refractivity contribution >= 4 is 40.2 Å². The van der Waals surface area contributed by atoms with E-state index < -0.39 is 0 Å². The summed E-state index contributed by atoms with van der Waals surface area (Å²) in [6, 6.07) is 9.99.